The molecule has 0 aromatic heterocycles. The number of carbonyl (C=O) groups excluding carboxylic acids is 1. The molecular formula is C10H15NO4. The van der Waals surface area contributed by atoms with Gasteiger partial charge in [0, 0.05) is 6.61 Å². The summed E-state index contributed by atoms with van der Waals surface area (Å²) in [4.78, 5) is 22.3. The minimum absolute atomic E-state index is 0.211. The molecule has 2 atom stereocenters. The first-order chi connectivity index (χ1) is 7.15. The number of hydrogen-bond acceptors (Lipinski definition) is 3. The fraction of sp³-hybridized carbons (Fsp3) is 0.600. The quantitative estimate of drug-likeness (QED) is 0.638. The lowest BCUT2D eigenvalue weighted by molar-refractivity contribution is -0.142. The molecular weight excluding hydrogens is 198 g/mol. The average Bonchev–Trinajstić information content (AvgIpc) is 2.69. The fourth-order valence-electron chi connectivity index (χ4n) is 1.42. The Hall–Kier alpha value is -1.36. The molecule has 1 amide bonds. The predicted molar refractivity (Wildman–Crippen MR) is 53.3 cm³/mol. The summed E-state index contributed by atoms with van der Waals surface area (Å²) in [5.74, 6) is -1.50. The number of aliphatic carboxylic acids is 1. The molecule has 15 heavy (non-hydrogen) atoms. The number of amides is 1. The second-order valence-electron chi connectivity index (χ2n) is 3.48. The van der Waals surface area contributed by atoms with Crippen LogP contribution in [0.2, 0.25) is 0 Å². The normalized spacial score (nSPS) is 22.0. The minimum Gasteiger partial charge on any atom is -0.480 e. The SMILES string of the molecule is C=CC[C@@H](NC(=O)[C@H]1CCOC1)C(=O)O. The molecule has 0 spiro atoms. The molecule has 0 aromatic rings. The zero-order valence-electron chi connectivity index (χ0n) is 8.44. The van der Waals surface area contributed by atoms with E-state index in [2.05, 4.69) is 11.9 Å². The number of rotatable bonds is 5. The van der Waals surface area contributed by atoms with Crippen LogP contribution in [0.5, 0.6) is 0 Å². The molecule has 0 saturated carbocycles. The van der Waals surface area contributed by atoms with Crippen molar-refractivity contribution in [3.05, 3.63) is 12.7 Å². The summed E-state index contributed by atoms with van der Waals surface area (Å²) < 4.78 is 5.05. The van der Waals surface area contributed by atoms with Crippen molar-refractivity contribution in [1.29, 1.82) is 0 Å². The number of carbonyl (C=O) groups is 2. The largest absolute Gasteiger partial charge is 0.480 e. The second-order valence-corrected chi connectivity index (χ2v) is 3.48. The monoisotopic (exact) mass is 213 g/mol. The highest BCUT2D eigenvalue weighted by Gasteiger charge is 2.27. The topological polar surface area (TPSA) is 75.6 Å². The van der Waals surface area contributed by atoms with Gasteiger partial charge in [0.15, 0.2) is 0 Å². The molecule has 1 aliphatic rings. The Morgan fingerprint density at radius 2 is 2.40 bits per heavy atom. The molecule has 1 fully saturated rings. The van der Waals surface area contributed by atoms with Crippen LogP contribution in [0, 0.1) is 5.92 Å². The molecule has 1 heterocycles. The maximum absolute atomic E-state index is 11.5. The van der Waals surface area contributed by atoms with Gasteiger partial charge in [-0.3, -0.25) is 4.79 Å². The summed E-state index contributed by atoms with van der Waals surface area (Å²) in [6.45, 7) is 4.40. The number of carboxylic acids is 1. The predicted octanol–water partition coefficient (Wildman–Crippen LogP) is 0.168. The molecule has 1 aliphatic heterocycles. The van der Waals surface area contributed by atoms with Gasteiger partial charge in [0.25, 0.3) is 0 Å². The third kappa shape index (κ3) is 3.36. The summed E-state index contributed by atoms with van der Waals surface area (Å²) in [7, 11) is 0. The number of ether oxygens (including phenoxy) is 1. The fourth-order valence-corrected chi connectivity index (χ4v) is 1.42. The van der Waals surface area contributed by atoms with E-state index in [0.717, 1.165) is 0 Å². The summed E-state index contributed by atoms with van der Waals surface area (Å²) in [6, 6.07) is -0.879. The number of nitrogens with one attached hydrogen (secondary N) is 1. The van der Waals surface area contributed by atoms with Gasteiger partial charge in [-0.15, -0.1) is 6.58 Å². The summed E-state index contributed by atoms with van der Waals surface area (Å²) in [5, 5.41) is 11.3. The van der Waals surface area contributed by atoms with E-state index < -0.39 is 12.0 Å². The standard InChI is InChI=1S/C10H15NO4/c1-2-3-8(10(13)14)11-9(12)7-4-5-15-6-7/h2,7-8H,1,3-6H2,(H,11,12)(H,13,14)/t7-,8+/m0/s1. The summed E-state index contributed by atoms with van der Waals surface area (Å²) in [5.41, 5.74) is 0. The Morgan fingerprint density at radius 3 is 2.87 bits per heavy atom. The summed E-state index contributed by atoms with van der Waals surface area (Å²) in [6.07, 6.45) is 2.37. The van der Waals surface area contributed by atoms with Crippen molar-refractivity contribution in [2.45, 2.75) is 18.9 Å². The van der Waals surface area contributed by atoms with Gasteiger partial charge >= 0.3 is 5.97 Å². The Morgan fingerprint density at radius 1 is 1.67 bits per heavy atom. The van der Waals surface area contributed by atoms with Crippen molar-refractivity contribution in [3.8, 4) is 0 Å². The highest BCUT2D eigenvalue weighted by Crippen LogP contribution is 2.12. The smallest absolute Gasteiger partial charge is 0.326 e. The van der Waals surface area contributed by atoms with Gasteiger partial charge in [-0.05, 0) is 12.8 Å². The lowest BCUT2D eigenvalue weighted by Crippen LogP contribution is -2.43. The van der Waals surface area contributed by atoms with Crippen molar-refractivity contribution in [3.63, 3.8) is 0 Å². The first kappa shape index (κ1) is 11.7. The zero-order chi connectivity index (χ0) is 11.3. The molecule has 1 saturated heterocycles. The van der Waals surface area contributed by atoms with Crippen LogP contribution in [0.1, 0.15) is 12.8 Å². The molecule has 0 unspecified atom stereocenters. The van der Waals surface area contributed by atoms with Crippen molar-refractivity contribution in [2.75, 3.05) is 13.2 Å². The van der Waals surface area contributed by atoms with E-state index in [1.807, 2.05) is 0 Å². The highest BCUT2D eigenvalue weighted by atomic mass is 16.5. The molecule has 0 aliphatic carbocycles. The molecule has 0 bridgehead atoms. The van der Waals surface area contributed by atoms with Crippen LogP contribution in [-0.4, -0.2) is 36.2 Å². The third-order valence-electron chi connectivity index (χ3n) is 2.32. The van der Waals surface area contributed by atoms with Crippen LogP contribution in [0.25, 0.3) is 0 Å². The maximum Gasteiger partial charge on any atom is 0.326 e. The van der Waals surface area contributed by atoms with Crippen LogP contribution in [0.15, 0.2) is 12.7 Å². The Balaban J connectivity index is 2.45. The van der Waals surface area contributed by atoms with Crippen LogP contribution >= 0.6 is 0 Å². The molecule has 2 N–H and O–H groups in total. The van der Waals surface area contributed by atoms with Gasteiger partial charge in [0.2, 0.25) is 5.91 Å². The Labute approximate surface area is 88.1 Å². The molecule has 0 radical (unpaired) electrons. The maximum atomic E-state index is 11.5. The van der Waals surface area contributed by atoms with Crippen LogP contribution in [0.3, 0.4) is 0 Å². The van der Waals surface area contributed by atoms with E-state index in [4.69, 9.17) is 9.84 Å². The van der Waals surface area contributed by atoms with E-state index in [9.17, 15) is 9.59 Å². The van der Waals surface area contributed by atoms with Gasteiger partial charge < -0.3 is 15.2 Å². The zero-order valence-corrected chi connectivity index (χ0v) is 8.44. The molecule has 5 heteroatoms. The van der Waals surface area contributed by atoms with E-state index in [-0.39, 0.29) is 18.2 Å². The lowest BCUT2D eigenvalue weighted by atomic mass is 10.1. The molecule has 84 valence electrons. The van der Waals surface area contributed by atoms with E-state index in [0.29, 0.717) is 19.6 Å². The lowest BCUT2D eigenvalue weighted by Gasteiger charge is -2.14. The highest BCUT2D eigenvalue weighted by molar-refractivity contribution is 5.85. The van der Waals surface area contributed by atoms with Crippen molar-refractivity contribution < 1.29 is 19.4 Å². The molecule has 0 aromatic carbocycles. The Bertz CT molecular complexity index is 258. The van der Waals surface area contributed by atoms with Gasteiger partial charge in [-0.25, -0.2) is 4.79 Å². The van der Waals surface area contributed by atoms with Gasteiger partial charge in [-0.2, -0.15) is 0 Å². The minimum atomic E-state index is -1.04. The van der Waals surface area contributed by atoms with Crippen molar-refractivity contribution in [1.82, 2.24) is 5.32 Å². The first-order valence-electron chi connectivity index (χ1n) is 4.87. The molecule has 5 nitrogen and oxygen atoms in total. The number of hydrogen-bond donors (Lipinski definition) is 2. The van der Waals surface area contributed by atoms with E-state index in [1.165, 1.54) is 6.08 Å². The van der Waals surface area contributed by atoms with Crippen LogP contribution < -0.4 is 5.32 Å². The van der Waals surface area contributed by atoms with Gasteiger partial charge in [0.05, 0.1) is 12.5 Å². The first-order valence-corrected chi connectivity index (χ1v) is 4.87. The van der Waals surface area contributed by atoms with Gasteiger partial charge in [0.1, 0.15) is 6.04 Å². The van der Waals surface area contributed by atoms with Crippen LogP contribution in [-0.2, 0) is 14.3 Å². The van der Waals surface area contributed by atoms with Gasteiger partial charge in [-0.1, -0.05) is 6.08 Å². The third-order valence-corrected chi connectivity index (χ3v) is 2.32. The van der Waals surface area contributed by atoms with Crippen LogP contribution in [0.4, 0.5) is 0 Å². The second kappa shape index (κ2) is 5.50. The average molecular weight is 213 g/mol. The van der Waals surface area contributed by atoms with E-state index >= 15 is 0 Å². The number of carboxylic acid groups (broad SMARTS) is 1. The van der Waals surface area contributed by atoms with E-state index in [1.54, 1.807) is 0 Å². The van der Waals surface area contributed by atoms with Crippen molar-refractivity contribution in [2.24, 2.45) is 5.92 Å². The molecule has 1 rings (SSSR count). The summed E-state index contributed by atoms with van der Waals surface area (Å²) >= 11 is 0. The Kier molecular flexibility index (Phi) is 4.30. The van der Waals surface area contributed by atoms with Crippen molar-refractivity contribution >= 4 is 11.9 Å².